The normalized spacial score (nSPS) is 47.6. The summed E-state index contributed by atoms with van der Waals surface area (Å²) in [5.74, 6) is 4.65. The van der Waals surface area contributed by atoms with E-state index in [-0.39, 0.29) is 6.10 Å². The van der Waals surface area contributed by atoms with E-state index in [2.05, 4.69) is 50.4 Å². The van der Waals surface area contributed by atoms with Crippen molar-refractivity contribution in [2.45, 2.75) is 83.8 Å². The molecule has 9 atom stereocenters. The summed E-state index contributed by atoms with van der Waals surface area (Å²) in [4.78, 5) is 0. The molecule has 1 aliphatic heterocycles. The lowest BCUT2D eigenvalue weighted by Gasteiger charge is -2.58. The summed E-state index contributed by atoms with van der Waals surface area (Å²) in [6.07, 6.45) is 10.8. The molecule has 1 aromatic carbocycles. The average molecular weight is 422 g/mol. The number of ether oxygens (including phenoxy) is 1. The molecule has 0 bridgehead atoms. The van der Waals surface area contributed by atoms with Gasteiger partial charge in [0.05, 0.1) is 13.2 Å². The summed E-state index contributed by atoms with van der Waals surface area (Å²) in [7, 11) is 1.77. The molecule has 1 heterocycles. The van der Waals surface area contributed by atoms with E-state index in [0.717, 1.165) is 36.3 Å². The third-order valence-electron chi connectivity index (χ3n) is 10.8. The molecule has 3 heteroatoms. The highest BCUT2D eigenvalue weighted by Gasteiger charge is 2.62. The largest absolute Gasteiger partial charge is 0.497 e. The van der Waals surface area contributed by atoms with Gasteiger partial charge in [-0.1, -0.05) is 32.4 Å². The van der Waals surface area contributed by atoms with Gasteiger partial charge in [0, 0.05) is 11.7 Å². The standard InChI is InChI=1S/C28H39NO2/c1-16-21-14-19(31-4)6-8-24(21)29-25-15-23-20-7-5-17-13-18(30)9-11-27(17,2)22(20)10-12-28(23,3)26(16)25/h5-6,8,14,16,18,20,22-23,25-26,29-30H,7,9-13,15H2,1-4H3/t16-,18+,20-,22+,23+,25+,26+,27+,28+/m1/s1. The maximum Gasteiger partial charge on any atom is 0.119 e. The van der Waals surface area contributed by atoms with E-state index < -0.39 is 0 Å². The Labute approximate surface area is 187 Å². The van der Waals surface area contributed by atoms with Crippen molar-refractivity contribution in [2.75, 3.05) is 12.4 Å². The van der Waals surface area contributed by atoms with Gasteiger partial charge in [-0.25, -0.2) is 0 Å². The molecule has 3 nitrogen and oxygen atoms in total. The number of fused-ring (bicyclic) bond motifs is 8. The summed E-state index contributed by atoms with van der Waals surface area (Å²) in [5.41, 5.74) is 5.09. The minimum absolute atomic E-state index is 0.111. The van der Waals surface area contributed by atoms with Gasteiger partial charge in [0.25, 0.3) is 0 Å². The van der Waals surface area contributed by atoms with Crippen molar-refractivity contribution in [1.82, 2.24) is 0 Å². The zero-order valence-electron chi connectivity index (χ0n) is 19.7. The Morgan fingerprint density at radius 1 is 1.13 bits per heavy atom. The SMILES string of the molecule is COc1ccc2c(c1)[C@@H](C)[C@H]1[C@H](C[C@H]3[C@@H]4CC=C5C[C@@H](O)CC[C@]5(C)[C@H]4CC[C@]13C)N2. The Morgan fingerprint density at radius 2 is 1.97 bits per heavy atom. The van der Waals surface area contributed by atoms with Crippen LogP contribution in [-0.2, 0) is 0 Å². The summed E-state index contributed by atoms with van der Waals surface area (Å²) in [5, 5.41) is 14.3. The Morgan fingerprint density at radius 3 is 2.77 bits per heavy atom. The second-order valence-electron chi connectivity index (χ2n) is 12.0. The van der Waals surface area contributed by atoms with Crippen molar-refractivity contribution in [2.24, 2.45) is 34.5 Å². The van der Waals surface area contributed by atoms with E-state index in [4.69, 9.17) is 4.74 Å². The second-order valence-corrected chi connectivity index (χ2v) is 12.0. The van der Waals surface area contributed by atoms with Gasteiger partial charge < -0.3 is 15.2 Å². The number of rotatable bonds is 1. The Balaban J connectivity index is 1.35. The fraction of sp³-hybridized carbons (Fsp3) is 0.714. The maximum atomic E-state index is 10.3. The van der Waals surface area contributed by atoms with E-state index in [1.54, 1.807) is 12.7 Å². The molecule has 6 rings (SSSR count). The highest BCUT2D eigenvalue weighted by molar-refractivity contribution is 5.59. The number of hydrogen-bond acceptors (Lipinski definition) is 3. The zero-order chi connectivity index (χ0) is 21.5. The highest BCUT2D eigenvalue weighted by atomic mass is 16.5. The van der Waals surface area contributed by atoms with Crippen molar-refractivity contribution in [1.29, 1.82) is 0 Å². The number of hydrogen-bond donors (Lipinski definition) is 2. The Bertz CT molecular complexity index is 924. The van der Waals surface area contributed by atoms with E-state index in [0.29, 0.717) is 28.7 Å². The van der Waals surface area contributed by atoms with Crippen molar-refractivity contribution < 1.29 is 9.84 Å². The van der Waals surface area contributed by atoms with Crippen molar-refractivity contribution in [3.05, 3.63) is 35.4 Å². The quantitative estimate of drug-likeness (QED) is 0.535. The number of aliphatic hydroxyl groups is 1. The fourth-order valence-electron chi connectivity index (χ4n) is 9.36. The van der Waals surface area contributed by atoms with Crippen LogP contribution in [-0.4, -0.2) is 24.4 Å². The molecule has 0 unspecified atom stereocenters. The number of benzene rings is 1. The first kappa shape index (κ1) is 20.1. The van der Waals surface area contributed by atoms with Gasteiger partial charge in [0.15, 0.2) is 0 Å². The monoisotopic (exact) mass is 421 g/mol. The third-order valence-corrected chi connectivity index (χ3v) is 10.8. The lowest BCUT2D eigenvalue weighted by molar-refractivity contribution is -0.0528. The van der Waals surface area contributed by atoms with Gasteiger partial charge in [-0.05, 0) is 109 Å². The highest BCUT2D eigenvalue weighted by Crippen LogP contribution is 2.69. The minimum atomic E-state index is -0.111. The molecule has 0 spiro atoms. The van der Waals surface area contributed by atoms with Gasteiger partial charge in [0.2, 0.25) is 0 Å². The number of anilines is 1. The lowest BCUT2D eigenvalue weighted by atomic mass is 9.47. The summed E-state index contributed by atoms with van der Waals surface area (Å²) >= 11 is 0. The molecule has 1 aromatic rings. The maximum absolute atomic E-state index is 10.3. The average Bonchev–Trinajstić information content (AvgIpc) is 3.06. The van der Waals surface area contributed by atoms with Crippen LogP contribution in [0.5, 0.6) is 5.75 Å². The van der Waals surface area contributed by atoms with Crippen LogP contribution in [0.15, 0.2) is 29.8 Å². The number of allylic oxidation sites excluding steroid dienone is 1. The second kappa shape index (κ2) is 6.76. The topological polar surface area (TPSA) is 41.5 Å². The van der Waals surface area contributed by atoms with Crippen LogP contribution in [0.2, 0.25) is 0 Å². The van der Waals surface area contributed by atoms with Crippen molar-refractivity contribution in [3.8, 4) is 5.75 Å². The first-order valence-electron chi connectivity index (χ1n) is 12.7. The molecule has 0 aromatic heterocycles. The first-order valence-corrected chi connectivity index (χ1v) is 12.7. The number of methoxy groups -OCH3 is 1. The molecule has 4 aliphatic carbocycles. The molecule has 168 valence electrons. The minimum Gasteiger partial charge on any atom is -0.497 e. The third kappa shape index (κ3) is 2.68. The lowest BCUT2D eigenvalue weighted by Crippen LogP contribution is -2.51. The Kier molecular flexibility index (Phi) is 4.39. The predicted molar refractivity (Wildman–Crippen MR) is 125 cm³/mol. The van der Waals surface area contributed by atoms with Crippen molar-refractivity contribution in [3.63, 3.8) is 0 Å². The first-order chi connectivity index (χ1) is 14.8. The van der Waals surface area contributed by atoms with Crippen LogP contribution < -0.4 is 10.1 Å². The zero-order valence-corrected chi connectivity index (χ0v) is 19.7. The summed E-state index contributed by atoms with van der Waals surface area (Å²) in [6, 6.07) is 7.20. The van der Waals surface area contributed by atoms with Gasteiger partial charge in [-0.15, -0.1) is 0 Å². The fourth-order valence-corrected chi connectivity index (χ4v) is 9.36. The summed E-state index contributed by atoms with van der Waals surface area (Å²) in [6.45, 7) is 7.64. The van der Waals surface area contributed by atoms with Crippen LogP contribution in [0, 0.1) is 34.5 Å². The number of aliphatic hydroxyl groups excluding tert-OH is 1. The van der Waals surface area contributed by atoms with E-state index in [1.165, 1.54) is 43.4 Å². The van der Waals surface area contributed by atoms with Crippen molar-refractivity contribution >= 4 is 5.69 Å². The molecule has 3 saturated carbocycles. The predicted octanol–water partition coefficient (Wildman–Crippen LogP) is 6.14. The molecule has 0 saturated heterocycles. The van der Waals surface area contributed by atoms with Gasteiger partial charge >= 0.3 is 0 Å². The van der Waals surface area contributed by atoms with Crippen LogP contribution in [0.25, 0.3) is 0 Å². The van der Waals surface area contributed by atoms with E-state index in [1.807, 2.05) is 0 Å². The molecular formula is C28H39NO2. The van der Waals surface area contributed by atoms with Crippen LogP contribution in [0.3, 0.4) is 0 Å². The van der Waals surface area contributed by atoms with Crippen LogP contribution in [0.1, 0.15) is 77.2 Å². The molecule has 0 radical (unpaired) electrons. The van der Waals surface area contributed by atoms with E-state index >= 15 is 0 Å². The van der Waals surface area contributed by atoms with Crippen LogP contribution >= 0.6 is 0 Å². The molecule has 5 aliphatic rings. The van der Waals surface area contributed by atoms with Crippen LogP contribution in [0.4, 0.5) is 5.69 Å². The molecule has 2 N–H and O–H groups in total. The molecular weight excluding hydrogens is 382 g/mol. The number of nitrogens with one attached hydrogen (secondary N) is 1. The van der Waals surface area contributed by atoms with Gasteiger partial charge in [-0.3, -0.25) is 0 Å². The van der Waals surface area contributed by atoms with Gasteiger partial charge in [-0.2, -0.15) is 0 Å². The van der Waals surface area contributed by atoms with Gasteiger partial charge in [0.1, 0.15) is 5.75 Å². The molecule has 31 heavy (non-hydrogen) atoms. The summed E-state index contributed by atoms with van der Waals surface area (Å²) < 4.78 is 5.56. The van der Waals surface area contributed by atoms with E-state index in [9.17, 15) is 5.11 Å². The molecule has 0 amide bonds. The Hall–Kier alpha value is -1.48. The smallest absolute Gasteiger partial charge is 0.119 e. The molecule has 3 fully saturated rings.